The van der Waals surface area contributed by atoms with E-state index in [9.17, 15) is 9.59 Å². The average molecular weight is 457 g/mol. The summed E-state index contributed by atoms with van der Waals surface area (Å²) in [6.07, 6.45) is 6.69. The van der Waals surface area contributed by atoms with E-state index < -0.39 is 0 Å². The number of aryl methyl sites for hydroxylation is 2. The van der Waals surface area contributed by atoms with Gasteiger partial charge in [0.15, 0.2) is 5.82 Å². The number of aromatic nitrogens is 5. The molecule has 0 unspecified atom stereocenters. The molecule has 0 aliphatic rings. The molecule has 1 aromatic carbocycles. The third-order valence-corrected chi connectivity index (χ3v) is 6.16. The van der Waals surface area contributed by atoms with Gasteiger partial charge in [-0.2, -0.15) is 5.10 Å². The number of nitrogens with one attached hydrogen (secondary N) is 1. The number of amides is 1. The smallest absolute Gasteiger partial charge is 0.262 e. The van der Waals surface area contributed by atoms with Crippen molar-refractivity contribution in [2.45, 2.75) is 19.9 Å². The lowest BCUT2D eigenvalue weighted by atomic mass is 10.1. The van der Waals surface area contributed by atoms with Crippen LogP contribution in [0.25, 0.3) is 27.2 Å². The lowest BCUT2D eigenvalue weighted by molar-refractivity contribution is -0.116. The van der Waals surface area contributed by atoms with Crippen LogP contribution in [-0.2, 0) is 11.3 Å². The Morgan fingerprint density at radius 3 is 2.70 bits per heavy atom. The summed E-state index contributed by atoms with van der Waals surface area (Å²) in [4.78, 5) is 35.0. The van der Waals surface area contributed by atoms with E-state index in [1.54, 1.807) is 35.4 Å². The van der Waals surface area contributed by atoms with Crippen LogP contribution in [0.3, 0.4) is 0 Å². The van der Waals surface area contributed by atoms with E-state index in [2.05, 4.69) is 20.4 Å². The number of anilines is 1. The summed E-state index contributed by atoms with van der Waals surface area (Å²) < 4.78 is 3.13. The summed E-state index contributed by atoms with van der Waals surface area (Å²) in [5, 5.41) is 9.49. The Hall–Kier alpha value is -4.11. The quantitative estimate of drug-likeness (QED) is 0.416. The highest BCUT2D eigenvalue weighted by Crippen LogP contribution is 2.30. The summed E-state index contributed by atoms with van der Waals surface area (Å²) in [5.41, 5.74) is 3.44. The number of thiophene rings is 1. The molecule has 8 nitrogen and oxygen atoms in total. The fourth-order valence-corrected chi connectivity index (χ4v) is 4.42. The Labute approximate surface area is 193 Å². The van der Waals surface area contributed by atoms with E-state index >= 15 is 0 Å². The fraction of sp³-hybridized carbons (Fsp3) is 0.125. The molecule has 1 amide bonds. The van der Waals surface area contributed by atoms with Crippen molar-refractivity contribution in [1.82, 2.24) is 24.3 Å². The maximum atomic E-state index is 13.2. The van der Waals surface area contributed by atoms with E-state index in [1.807, 2.05) is 42.6 Å². The molecule has 0 saturated heterocycles. The predicted octanol–water partition coefficient (Wildman–Crippen LogP) is 4.04. The molecule has 33 heavy (non-hydrogen) atoms. The standard InChI is InChI=1S/C24H20N6O2S/c1-16-3-5-17(6-4-16)19-14-33-23-22(19)24(32)29(15-26-23)12-9-21(31)28-18-7-8-20(25-13-18)30-11-2-10-27-30/h2-8,10-11,13-15H,9,12H2,1H3,(H,28,31). The first-order valence-electron chi connectivity index (χ1n) is 10.4. The molecule has 0 spiro atoms. The van der Waals surface area contributed by atoms with E-state index in [1.165, 1.54) is 22.2 Å². The minimum atomic E-state index is -0.209. The first kappa shape index (κ1) is 20.8. The topological polar surface area (TPSA) is 94.7 Å². The minimum absolute atomic E-state index is 0.137. The zero-order valence-corrected chi connectivity index (χ0v) is 18.6. The molecule has 1 N–H and O–H groups in total. The Morgan fingerprint density at radius 2 is 1.97 bits per heavy atom. The normalized spacial score (nSPS) is 11.1. The number of hydrogen-bond donors (Lipinski definition) is 1. The average Bonchev–Trinajstić information content (AvgIpc) is 3.51. The van der Waals surface area contributed by atoms with Crippen LogP contribution < -0.4 is 10.9 Å². The zero-order valence-electron chi connectivity index (χ0n) is 17.8. The van der Waals surface area contributed by atoms with Gasteiger partial charge in [0.1, 0.15) is 4.83 Å². The summed E-state index contributed by atoms with van der Waals surface area (Å²) in [6.45, 7) is 2.26. The van der Waals surface area contributed by atoms with Crippen LogP contribution in [-0.4, -0.2) is 30.2 Å². The second kappa shape index (κ2) is 8.79. The van der Waals surface area contributed by atoms with E-state index in [-0.39, 0.29) is 24.4 Å². The van der Waals surface area contributed by atoms with Crippen molar-refractivity contribution in [3.05, 3.63) is 88.7 Å². The van der Waals surface area contributed by atoms with Crippen LogP contribution in [0.4, 0.5) is 5.69 Å². The van der Waals surface area contributed by atoms with Gasteiger partial charge in [0.2, 0.25) is 5.91 Å². The van der Waals surface area contributed by atoms with Crippen molar-refractivity contribution in [2.75, 3.05) is 5.32 Å². The largest absolute Gasteiger partial charge is 0.325 e. The summed E-state index contributed by atoms with van der Waals surface area (Å²) in [7, 11) is 0. The van der Waals surface area contributed by atoms with Gasteiger partial charge in [0.25, 0.3) is 5.56 Å². The Kier molecular flexibility index (Phi) is 5.54. The number of nitrogens with zero attached hydrogens (tertiary/aromatic N) is 5. The molecule has 4 heterocycles. The maximum absolute atomic E-state index is 13.2. The molecule has 5 rings (SSSR count). The molecule has 164 valence electrons. The van der Waals surface area contributed by atoms with Crippen LogP contribution in [0, 0.1) is 6.92 Å². The molecule has 9 heteroatoms. The molecule has 0 saturated carbocycles. The molecule has 0 radical (unpaired) electrons. The number of carbonyl (C=O) groups excluding carboxylic acids is 1. The second-order valence-electron chi connectivity index (χ2n) is 7.59. The van der Waals surface area contributed by atoms with E-state index in [0.717, 1.165) is 16.7 Å². The SMILES string of the molecule is Cc1ccc(-c2csc3ncn(CCC(=O)Nc4ccc(-n5cccn5)nc4)c(=O)c23)cc1. The number of pyridine rings is 1. The highest BCUT2D eigenvalue weighted by atomic mass is 32.1. The van der Waals surface area contributed by atoms with Crippen LogP contribution in [0.2, 0.25) is 0 Å². The summed E-state index contributed by atoms with van der Waals surface area (Å²) in [6, 6.07) is 13.4. The lowest BCUT2D eigenvalue weighted by Gasteiger charge is -2.08. The van der Waals surface area contributed by atoms with Gasteiger partial charge in [0.05, 0.1) is 23.6 Å². The van der Waals surface area contributed by atoms with Crippen molar-refractivity contribution in [2.24, 2.45) is 0 Å². The first-order chi connectivity index (χ1) is 16.1. The zero-order chi connectivity index (χ0) is 22.8. The molecule has 0 fully saturated rings. The van der Waals surface area contributed by atoms with Crippen molar-refractivity contribution in [3.63, 3.8) is 0 Å². The number of benzene rings is 1. The van der Waals surface area contributed by atoms with E-state index in [0.29, 0.717) is 21.7 Å². The van der Waals surface area contributed by atoms with Gasteiger partial charge in [-0.1, -0.05) is 29.8 Å². The third-order valence-electron chi connectivity index (χ3n) is 5.27. The Morgan fingerprint density at radius 1 is 1.12 bits per heavy atom. The van der Waals surface area contributed by atoms with Gasteiger partial charge < -0.3 is 5.32 Å². The van der Waals surface area contributed by atoms with Crippen LogP contribution >= 0.6 is 11.3 Å². The molecule has 0 aliphatic carbocycles. The molecule has 0 bridgehead atoms. The Balaban J connectivity index is 1.30. The molecular weight excluding hydrogens is 436 g/mol. The monoisotopic (exact) mass is 456 g/mol. The van der Waals surface area contributed by atoms with Gasteiger partial charge in [-0.15, -0.1) is 11.3 Å². The Bertz CT molecular complexity index is 1470. The minimum Gasteiger partial charge on any atom is -0.325 e. The van der Waals surface area contributed by atoms with Gasteiger partial charge in [-0.05, 0) is 30.7 Å². The van der Waals surface area contributed by atoms with E-state index in [4.69, 9.17) is 0 Å². The summed E-state index contributed by atoms with van der Waals surface area (Å²) in [5.74, 6) is 0.448. The molecular formula is C24H20N6O2S. The van der Waals surface area contributed by atoms with Gasteiger partial charge in [-0.3, -0.25) is 14.2 Å². The van der Waals surface area contributed by atoms with Crippen LogP contribution in [0.5, 0.6) is 0 Å². The molecule has 4 aromatic heterocycles. The van der Waals surface area contributed by atoms with Crippen molar-refractivity contribution in [1.29, 1.82) is 0 Å². The number of carbonyl (C=O) groups is 1. The fourth-order valence-electron chi connectivity index (χ4n) is 3.52. The summed E-state index contributed by atoms with van der Waals surface area (Å²) >= 11 is 1.45. The molecule has 0 atom stereocenters. The number of hydrogen-bond acceptors (Lipinski definition) is 6. The second-order valence-corrected chi connectivity index (χ2v) is 8.45. The highest BCUT2D eigenvalue weighted by molar-refractivity contribution is 7.17. The molecule has 5 aromatic rings. The van der Waals surface area contributed by atoms with Crippen molar-refractivity contribution < 1.29 is 4.79 Å². The maximum Gasteiger partial charge on any atom is 0.262 e. The first-order valence-corrected chi connectivity index (χ1v) is 11.3. The van der Waals surface area contributed by atoms with Crippen LogP contribution in [0.1, 0.15) is 12.0 Å². The predicted molar refractivity (Wildman–Crippen MR) is 129 cm³/mol. The van der Waals surface area contributed by atoms with Gasteiger partial charge >= 0.3 is 0 Å². The van der Waals surface area contributed by atoms with Crippen LogP contribution in [0.15, 0.2) is 77.6 Å². The van der Waals surface area contributed by atoms with Gasteiger partial charge in [0, 0.05) is 36.3 Å². The number of fused-ring (bicyclic) bond motifs is 1. The number of rotatable bonds is 6. The van der Waals surface area contributed by atoms with Gasteiger partial charge in [-0.25, -0.2) is 14.6 Å². The lowest BCUT2D eigenvalue weighted by Crippen LogP contribution is -2.23. The molecule has 0 aliphatic heterocycles. The van der Waals surface area contributed by atoms with Crippen molar-refractivity contribution >= 4 is 33.1 Å². The highest BCUT2D eigenvalue weighted by Gasteiger charge is 2.14. The third kappa shape index (κ3) is 4.31. The van der Waals surface area contributed by atoms with Crippen molar-refractivity contribution in [3.8, 4) is 16.9 Å².